The zero-order valence-corrected chi connectivity index (χ0v) is 20.7. The molecule has 4 rings (SSSR count). The third-order valence-electron chi connectivity index (χ3n) is 8.87. The molecular weight excluding hydrogens is 415 g/mol. The molecule has 3 aliphatic rings. The van der Waals surface area contributed by atoms with Gasteiger partial charge in [-0.3, -0.25) is 4.79 Å². The largest absolute Gasteiger partial charge is 0.493 e. The molecule has 0 radical (unpaired) electrons. The Morgan fingerprint density at radius 1 is 1.03 bits per heavy atom. The Kier molecular flexibility index (Phi) is 8.85. The molecule has 0 N–H and O–H groups in total. The summed E-state index contributed by atoms with van der Waals surface area (Å²) in [5.41, 5.74) is 0.780. The quantitative estimate of drug-likeness (QED) is 0.374. The van der Waals surface area contributed by atoms with Crippen LogP contribution >= 0.6 is 0 Å². The molecule has 0 aromatic heterocycles. The molecule has 0 bridgehead atoms. The molecule has 1 saturated heterocycles. The summed E-state index contributed by atoms with van der Waals surface area (Å²) in [5, 5.41) is 0. The highest BCUT2D eigenvalue weighted by atomic mass is 19.1. The fourth-order valence-corrected chi connectivity index (χ4v) is 7.24. The average molecular weight is 459 g/mol. The lowest BCUT2D eigenvalue weighted by Crippen LogP contribution is -2.41. The van der Waals surface area contributed by atoms with Crippen LogP contribution in [0.25, 0.3) is 0 Å². The van der Waals surface area contributed by atoms with Gasteiger partial charge in [-0.1, -0.05) is 38.7 Å². The van der Waals surface area contributed by atoms with E-state index in [1.807, 2.05) is 13.0 Å². The summed E-state index contributed by atoms with van der Waals surface area (Å²) >= 11 is 0. The third kappa shape index (κ3) is 5.63. The van der Waals surface area contributed by atoms with E-state index in [9.17, 15) is 4.79 Å². The molecule has 4 atom stereocenters. The first-order valence-corrected chi connectivity index (χ1v) is 13.7. The Labute approximate surface area is 199 Å². The van der Waals surface area contributed by atoms with E-state index in [1.54, 1.807) is 6.07 Å². The van der Waals surface area contributed by atoms with Crippen LogP contribution in [0.5, 0.6) is 5.75 Å². The average Bonchev–Trinajstić information content (AvgIpc) is 2.85. The molecule has 3 nitrogen and oxygen atoms in total. The van der Waals surface area contributed by atoms with E-state index in [-0.39, 0.29) is 17.3 Å². The minimum Gasteiger partial charge on any atom is -0.493 e. The summed E-state index contributed by atoms with van der Waals surface area (Å²) in [6.45, 7) is 5.45. The third-order valence-corrected chi connectivity index (χ3v) is 8.87. The van der Waals surface area contributed by atoms with E-state index in [0.717, 1.165) is 50.5 Å². The summed E-state index contributed by atoms with van der Waals surface area (Å²) in [7, 11) is 0. The molecule has 1 aromatic carbocycles. The van der Waals surface area contributed by atoms with Crippen LogP contribution in [0.3, 0.4) is 0 Å². The maximum Gasteiger partial charge on any atom is 0.156 e. The van der Waals surface area contributed by atoms with Gasteiger partial charge in [0.2, 0.25) is 0 Å². The SMILES string of the molecule is CCCC1CCC(C2CCC(c3ccc(OCC)c(C=O)c3F)CC2C2CCCCO2)CC1. The number of ether oxygens (including phenoxy) is 2. The molecule has 4 unspecified atom stereocenters. The van der Waals surface area contributed by atoms with Gasteiger partial charge < -0.3 is 9.47 Å². The van der Waals surface area contributed by atoms with E-state index in [0.29, 0.717) is 42.1 Å². The van der Waals surface area contributed by atoms with Gasteiger partial charge in [-0.25, -0.2) is 4.39 Å². The number of carbonyl (C=O) groups is 1. The van der Waals surface area contributed by atoms with Crippen LogP contribution in [0.2, 0.25) is 0 Å². The zero-order valence-electron chi connectivity index (χ0n) is 20.7. The number of hydrogen-bond donors (Lipinski definition) is 0. The van der Waals surface area contributed by atoms with Gasteiger partial charge in [-0.2, -0.15) is 0 Å². The van der Waals surface area contributed by atoms with Crippen LogP contribution in [-0.2, 0) is 4.74 Å². The van der Waals surface area contributed by atoms with E-state index in [1.165, 1.54) is 44.9 Å². The molecule has 0 amide bonds. The van der Waals surface area contributed by atoms with E-state index in [2.05, 4.69) is 6.92 Å². The highest BCUT2D eigenvalue weighted by Crippen LogP contribution is 2.50. The number of aldehydes is 1. The topological polar surface area (TPSA) is 35.5 Å². The van der Waals surface area contributed by atoms with Crippen molar-refractivity contribution in [3.05, 3.63) is 29.1 Å². The Balaban J connectivity index is 1.53. The number of carbonyl (C=O) groups excluding carboxylic acids is 1. The van der Waals surface area contributed by atoms with Gasteiger partial charge >= 0.3 is 0 Å². The van der Waals surface area contributed by atoms with Crippen molar-refractivity contribution in [2.75, 3.05) is 13.2 Å². The first-order chi connectivity index (χ1) is 16.2. The van der Waals surface area contributed by atoms with Crippen molar-refractivity contribution in [2.45, 2.75) is 103 Å². The van der Waals surface area contributed by atoms with E-state index in [4.69, 9.17) is 9.47 Å². The van der Waals surface area contributed by atoms with Gasteiger partial charge in [-0.05, 0) is 99.5 Å². The molecule has 1 aliphatic heterocycles. The van der Waals surface area contributed by atoms with Gasteiger partial charge in [0.15, 0.2) is 6.29 Å². The maximum atomic E-state index is 15.4. The molecular formula is C29H43FO3. The van der Waals surface area contributed by atoms with Crippen LogP contribution in [0, 0.1) is 29.5 Å². The smallest absolute Gasteiger partial charge is 0.156 e. The zero-order chi connectivity index (χ0) is 23.2. The Morgan fingerprint density at radius 2 is 1.85 bits per heavy atom. The lowest BCUT2D eigenvalue weighted by atomic mass is 9.61. The minimum atomic E-state index is -0.372. The first kappa shape index (κ1) is 24.7. The van der Waals surface area contributed by atoms with Gasteiger partial charge in [0.25, 0.3) is 0 Å². The molecule has 0 spiro atoms. The Bertz CT molecular complexity index is 764. The highest BCUT2D eigenvalue weighted by molar-refractivity contribution is 5.80. The van der Waals surface area contributed by atoms with Crippen LogP contribution in [0.1, 0.15) is 113 Å². The predicted molar refractivity (Wildman–Crippen MR) is 130 cm³/mol. The fourth-order valence-electron chi connectivity index (χ4n) is 7.24. The summed E-state index contributed by atoms with van der Waals surface area (Å²) in [4.78, 5) is 11.7. The lowest BCUT2D eigenvalue weighted by Gasteiger charge is -2.46. The Morgan fingerprint density at radius 3 is 2.52 bits per heavy atom. The molecule has 3 fully saturated rings. The van der Waals surface area contributed by atoms with Crippen LogP contribution in [0.15, 0.2) is 12.1 Å². The van der Waals surface area contributed by atoms with Crippen molar-refractivity contribution < 1.29 is 18.7 Å². The minimum absolute atomic E-state index is 0.0798. The maximum absolute atomic E-state index is 15.4. The van der Waals surface area contributed by atoms with Gasteiger partial charge in [-0.15, -0.1) is 0 Å². The second-order valence-electron chi connectivity index (χ2n) is 10.7. The van der Waals surface area contributed by atoms with Gasteiger partial charge in [0, 0.05) is 6.61 Å². The molecule has 4 heteroatoms. The van der Waals surface area contributed by atoms with Crippen molar-refractivity contribution in [1.29, 1.82) is 0 Å². The van der Waals surface area contributed by atoms with E-state index < -0.39 is 0 Å². The standard InChI is InChI=1S/C29H43FO3/c1-3-7-20-9-11-21(12-10-20)23-14-13-22(18-25(23)27-8-5-6-17-33-27)24-15-16-28(32-4-2)26(19-31)29(24)30/h15-16,19-23,25,27H,3-14,17-18H2,1-2H3. The number of rotatable bonds is 8. The lowest BCUT2D eigenvalue weighted by molar-refractivity contribution is -0.0655. The predicted octanol–water partition coefficient (Wildman–Crippen LogP) is 7.71. The van der Waals surface area contributed by atoms with Crippen molar-refractivity contribution in [1.82, 2.24) is 0 Å². The molecule has 33 heavy (non-hydrogen) atoms. The van der Waals surface area contributed by atoms with Gasteiger partial charge in [0.05, 0.1) is 18.3 Å². The second kappa shape index (κ2) is 11.8. The van der Waals surface area contributed by atoms with Crippen LogP contribution < -0.4 is 4.74 Å². The van der Waals surface area contributed by atoms with E-state index >= 15 is 4.39 Å². The summed E-state index contributed by atoms with van der Waals surface area (Å²) in [5.74, 6) is 3.06. The fraction of sp³-hybridized carbons (Fsp3) is 0.759. The summed E-state index contributed by atoms with van der Waals surface area (Å²) < 4.78 is 27.3. The number of hydrogen-bond acceptors (Lipinski definition) is 3. The summed E-state index contributed by atoms with van der Waals surface area (Å²) in [6, 6.07) is 3.66. The number of benzene rings is 1. The monoisotopic (exact) mass is 458 g/mol. The van der Waals surface area contributed by atoms with Crippen molar-refractivity contribution in [3.8, 4) is 5.75 Å². The normalized spacial score (nSPS) is 32.9. The summed E-state index contributed by atoms with van der Waals surface area (Å²) in [6.07, 6.45) is 15.8. The van der Waals surface area contributed by atoms with Crippen LogP contribution in [0.4, 0.5) is 4.39 Å². The first-order valence-electron chi connectivity index (χ1n) is 13.7. The van der Waals surface area contributed by atoms with Crippen LogP contribution in [-0.4, -0.2) is 25.6 Å². The molecule has 1 aromatic rings. The molecule has 2 saturated carbocycles. The molecule has 2 aliphatic carbocycles. The van der Waals surface area contributed by atoms with Crippen molar-refractivity contribution >= 4 is 6.29 Å². The second-order valence-corrected chi connectivity index (χ2v) is 10.7. The van der Waals surface area contributed by atoms with Crippen molar-refractivity contribution in [3.63, 3.8) is 0 Å². The highest BCUT2D eigenvalue weighted by Gasteiger charge is 2.42. The molecule has 1 heterocycles. The van der Waals surface area contributed by atoms with Crippen molar-refractivity contribution in [2.24, 2.45) is 23.7 Å². The molecule has 184 valence electrons. The van der Waals surface area contributed by atoms with Gasteiger partial charge in [0.1, 0.15) is 11.6 Å². The Hall–Kier alpha value is -1.42. The number of halogens is 1.